The van der Waals surface area contributed by atoms with Gasteiger partial charge in [0.2, 0.25) is 21.8 Å². The molecule has 0 aromatic heterocycles. The SMILES string of the molecule is CC[C@@H](C)NC(=O)[C@H](Cc1ccccc1)N(Cc1cccc(Cl)c1)C(=O)CN(c1cc(C(F)(F)F)ccc1Cl)S(C)(=O)=O. The van der Waals surface area contributed by atoms with E-state index in [4.69, 9.17) is 23.2 Å². The molecule has 0 heterocycles. The fraction of sp³-hybridized carbons (Fsp3) is 0.333. The molecule has 0 aliphatic heterocycles. The summed E-state index contributed by atoms with van der Waals surface area (Å²) < 4.78 is 66.9. The average molecular weight is 659 g/mol. The molecule has 0 radical (unpaired) electrons. The zero-order valence-electron chi connectivity index (χ0n) is 23.7. The van der Waals surface area contributed by atoms with Crippen LogP contribution in [0.5, 0.6) is 0 Å². The fourth-order valence-electron chi connectivity index (χ4n) is 4.30. The highest BCUT2D eigenvalue weighted by Gasteiger charge is 2.36. The van der Waals surface area contributed by atoms with Gasteiger partial charge in [0.25, 0.3) is 0 Å². The monoisotopic (exact) mass is 657 g/mol. The van der Waals surface area contributed by atoms with Gasteiger partial charge >= 0.3 is 6.18 Å². The summed E-state index contributed by atoms with van der Waals surface area (Å²) in [6.45, 7) is 2.64. The van der Waals surface area contributed by atoms with Gasteiger partial charge in [-0.2, -0.15) is 13.2 Å². The first-order valence-electron chi connectivity index (χ1n) is 13.3. The molecule has 0 aliphatic rings. The van der Waals surface area contributed by atoms with Gasteiger partial charge in [-0.1, -0.05) is 72.6 Å². The summed E-state index contributed by atoms with van der Waals surface area (Å²) in [6.07, 6.45) is -3.34. The van der Waals surface area contributed by atoms with Crippen molar-refractivity contribution in [3.63, 3.8) is 0 Å². The van der Waals surface area contributed by atoms with Gasteiger partial charge in [-0.15, -0.1) is 0 Å². The number of rotatable bonds is 12. The van der Waals surface area contributed by atoms with E-state index in [1.165, 1.54) is 4.90 Å². The summed E-state index contributed by atoms with van der Waals surface area (Å²) in [4.78, 5) is 29.0. The lowest BCUT2D eigenvalue weighted by molar-refractivity contribution is -0.140. The van der Waals surface area contributed by atoms with Crippen LogP contribution in [0.25, 0.3) is 0 Å². The Morgan fingerprint density at radius 1 is 0.953 bits per heavy atom. The molecule has 3 aromatic carbocycles. The second-order valence-electron chi connectivity index (χ2n) is 10.1. The van der Waals surface area contributed by atoms with Gasteiger partial charge in [-0.25, -0.2) is 8.42 Å². The van der Waals surface area contributed by atoms with Crippen molar-refractivity contribution in [1.29, 1.82) is 0 Å². The molecule has 0 saturated carbocycles. The van der Waals surface area contributed by atoms with E-state index in [-0.39, 0.29) is 24.0 Å². The van der Waals surface area contributed by atoms with E-state index in [0.717, 1.165) is 17.9 Å². The van der Waals surface area contributed by atoms with Crippen molar-refractivity contribution in [2.45, 2.75) is 51.5 Å². The molecule has 1 N–H and O–H groups in total. The fourth-order valence-corrected chi connectivity index (χ4v) is 5.64. The number of amides is 2. The van der Waals surface area contributed by atoms with Crippen LogP contribution in [-0.4, -0.2) is 50.0 Å². The summed E-state index contributed by atoms with van der Waals surface area (Å²) in [6, 6.07) is 16.4. The molecular formula is C30H32Cl2F3N3O4S. The minimum absolute atomic E-state index is 0.0819. The lowest BCUT2D eigenvalue weighted by Gasteiger charge is -2.34. The number of halogens is 5. The normalized spacial score (nSPS) is 13.2. The van der Waals surface area contributed by atoms with Crippen LogP contribution in [-0.2, 0) is 38.8 Å². The van der Waals surface area contributed by atoms with Crippen molar-refractivity contribution >= 4 is 50.7 Å². The van der Waals surface area contributed by atoms with Crippen molar-refractivity contribution < 1.29 is 31.2 Å². The number of anilines is 1. The smallest absolute Gasteiger partial charge is 0.352 e. The van der Waals surface area contributed by atoms with E-state index in [2.05, 4.69) is 5.32 Å². The predicted octanol–water partition coefficient (Wildman–Crippen LogP) is 6.33. The van der Waals surface area contributed by atoms with E-state index in [1.54, 1.807) is 54.6 Å². The maximum absolute atomic E-state index is 14.1. The van der Waals surface area contributed by atoms with Gasteiger partial charge < -0.3 is 10.2 Å². The highest BCUT2D eigenvalue weighted by Crippen LogP contribution is 2.36. The third kappa shape index (κ3) is 9.61. The molecule has 0 aliphatic carbocycles. The molecule has 0 saturated heterocycles. The largest absolute Gasteiger partial charge is 0.416 e. The molecule has 7 nitrogen and oxygen atoms in total. The quantitative estimate of drug-likeness (QED) is 0.247. The minimum Gasteiger partial charge on any atom is -0.352 e. The van der Waals surface area contributed by atoms with E-state index < -0.39 is 51.9 Å². The standard InChI is InChI=1S/C30H32Cl2F3N3O4S/c1-4-20(2)36-29(40)27(16-21-9-6-5-7-10-21)37(18-22-11-8-12-24(31)15-22)28(39)19-38(43(3,41)42)26-17-23(30(33,34)35)13-14-25(26)32/h5-15,17,20,27H,4,16,18-19H2,1-3H3,(H,36,40)/t20-,27+/m1/s1. The topological polar surface area (TPSA) is 86.8 Å². The van der Waals surface area contributed by atoms with Gasteiger partial charge in [0.05, 0.1) is 22.5 Å². The first-order chi connectivity index (χ1) is 20.1. The Balaban J connectivity index is 2.12. The second-order valence-corrected chi connectivity index (χ2v) is 12.9. The first-order valence-corrected chi connectivity index (χ1v) is 15.9. The molecule has 3 rings (SSSR count). The van der Waals surface area contributed by atoms with Crippen molar-refractivity contribution in [3.05, 3.63) is 99.5 Å². The lowest BCUT2D eigenvalue weighted by atomic mass is 10.0. The van der Waals surface area contributed by atoms with Crippen LogP contribution < -0.4 is 9.62 Å². The van der Waals surface area contributed by atoms with Crippen molar-refractivity contribution in [1.82, 2.24) is 10.2 Å². The number of hydrogen-bond acceptors (Lipinski definition) is 4. The van der Waals surface area contributed by atoms with Crippen LogP contribution >= 0.6 is 23.2 Å². The van der Waals surface area contributed by atoms with Gasteiger partial charge in [0, 0.05) is 24.0 Å². The third-order valence-electron chi connectivity index (χ3n) is 6.74. The lowest BCUT2D eigenvalue weighted by Crippen LogP contribution is -2.54. The van der Waals surface area contributed by atoms with E-state index in [9.17, 15) is 31.2 Å². The number of carbonyl (C=O) groups is 2. The van der Waals surface area contributed by atoms with Crippen molar-refractivity contribution in [3.8, 4) is 0 Å². The Morgan fingerprint density at radius 2 is 1.60 bits per heavy atom. The van der Waals surface area contributed by atoms with Crippen LogP contribution in [0.15, 0.2) is 72.8 Å². The number of hydrogen-bond donors (Lipinski definition) is 1. The molecule has 13 heteroatoms. The predicted molar refractivity (Wildman–Crippen MR) is 162 cm³/mol. The van der Waals surface area contributed by atoms with Gasteiger partial charge in [0.1, 0.15) is 12.6 Å². The molecular weight excluding hydrogens is 626 g/mol. The Kier molecular flexibility index (Phi) is 11.5. The average Bonchev–Trinajstić information content (AvgIpc) is 2.93. The first kappa shape index (κ1) is 34.2. The molecule has 0 bridgehead atoms. The van der Waals surface area contributed by atoms with Crippen LogP contribution in [0, 0.1) is 0 Å². The number of sulfonamides is 1. The zero-order valence-corrected chi connectivity index (χ0v) is 26.1. The third-order valence-corrected chi connectivity index (χ3v) is 8.42. The Bertz CT molecular complexity index is 1540. The summed E-state index contributed by atoms with van der Waals surface area (Å²) in [5.74, 6) is -1.31. The number of nitrogens with zero attached hydrogens (tertiary/aromatic N) is 2. The minimum atomic E-state index is -4.79. The number of benzene rings is 3. The number of nitrogens with one attached hydrogen (secondary N) is 1. The summed E-state index contributed by atoms with van der Waals surface area (Å²) in [5.41, 5.74) is -0.368. The molecule has 2 atom stereocenters. The molecule has 43 heavy (non-hydrogen) atoms. The maximum atomic E-state index is 14.1. The highest BCUT2D eigenvalue weighted by atomic mass is 35.5. The molecule has 0 spiro atoms. The molecule has 232 valence electrons. The molecule has 0 fully saturated rings. The molecule has 0 unspecified atom stereocenters. The van der Waals surface area contributed by atoms with Crippen molar-refractivity contribution in [2.24, 2.45) is 0 Å². The van der Waals surface area contributed by atoms with Crippen LogP contribution in [0.2, 0.25) is 10.0 Å². The number of carbonyl (C=O) groups excluding carboxylic acids is 2. The zero-order chi connectivity index (χ0) is 31.9. The van der Waals surface area contributed by atoms with E-state index in [1.807, 2.05) is 13.8 Å². The van der Waals surface area contributed by atoms with Gasteiger partial charge in [0.15, 0.2) is 0 Å². The van der Waals surface area contributed by atoms with Crippen LogP contribution in [0.3, 0.4) is 0 Å². The van der Waals surface area contributed by atoms with E-state index in [0.29, 0.717) is 33.4 Å². The second kappa shape index (κ2) is 14.5. The molecule has 2 amide bonds. The van der Waals surface area contributed by atoms with Gasteiger partial charge in [-0.3, -0.25) is 13.9 Å². The Labute approximate surface area is 259 Å². The highest BCUT2D eigenvalue weighted by molar-refractivity contribution is 7.92. The van der Waals surface area contributed by atoms with Gasteiger partial charge in [-0.05, 0) is 54.8 Å². The van der Waals surface area contributed by atoms with Crippen LogP contribution in [0.4, 0.5) is 18.9 Å². The summed E-state index contributed by atoms with van der Waals surface area (Å²) >= 11 is 12.4. The van der Waals surface area contributed by atoms with Crippen molar-refractivity contribution in [2.75, 3.05) is 17.1 Å². The maximum Gasteiger partial charge on any atom is 0.416 e. The summed E-state index contributed by atoms with van der Waals surface area (Å²) in [7, 11) is -4.33. The van der Waals surface area contributed by atoms with Crippen LogP contribution in [0.1, 0.15) is 37.0 Å². The number of alkyl halides is 3. The summed E-state index contributed by atoms with van der Waals surface area (Å²) in [5, 5.41) is 2.97. The van der Waals surface area contributed by atoms with E-state index >= 15 is 0 Å². The Morgan fingerprint density at radius 3 is 2.19 bits per heavy atom. The Hall–Kier alpha value is -3.28. The molecule has 3 aromatic rings.